The predicted octanol–water partition coefficient (Wildman–Crippen LogP) is 3.56. The molecule has 0 aliphatic carbocycles. The summed E-state index contributed by atoms with van der Waals surface area (Å²) in [6.45, 7) is 6.20. The van der Waals surface area contributed by atoms with Crippen molar-refractivity contribution in [2.75, 3.05) is 6.54 Å². The second kappa shape index (κ2) is 9.47. The van der Waals surface area contributed by atoms with E-state index in [9.17, 15) is 9.59 Å². The third-order valence-electron chi connectivity index (χ3n) is 4.43. The molecule has 3 rings (SSSR count). The van der Waals surface area contributed by atoms with E-state index < -0.39 is 17.7 Å². The molecule has 0 saturated carbocycles. The quantitative estimate of drug-likeness (QED) is 0.506. The van der Waals surface area contributed by atoms with E-state index in [0.717, 1.165) is 5.56 Å². The molecule has 1 fully saturated rings. The van der Waals surface area contributed by atoms with Gasteiger partial charge in [0, 0.05) is 0 Å². The molecule has 29 heavy (non-hydrogen) atoms. The van der Waals surface area contributed by atoms with E-state index in [2.05, 4.69) is 12.1 Å². The molecule has 0 radical (unpaired) electrons. The summed E-state index contributed by atoms with van der Waals surface area (Å²) in [4.78, 5) is 27.4. The average Bonchev–Trinajstić information content (AvgIpc) is 3.10. The van der Waals surface area contributed by atoms with Crippen LogP contribution in [0.3, 0.4) is 0 Å². The summed E-state index contributed by atoms with van der Waals surface area (Å²) in [5.74, 6) is -0.369. The first-order chi connectivity index (χ1) is 13.8. The van der Waals surface area contributed by atoms with Gasteiger partial charge in [-0.25, -0.2) is 0 Å². The summed E-state index contributed by atoms with van der Waals surface area (Å²) in [6.07, 6.45) is 0.146. The number of hydrogen-bond acceptors (Lipinski definition) is 4. The van der Waals surface area contributed by atoms with E-state index in [1.807, 2.05) is 69.3 Å². The first kappa shape index (κ1) is 21.4. The number of esters is 1. The van der Waals surface area contributed by atoms with Crippen molar-refractivity contribution in [2.24, 2.45) is 0 Å². The van der Waals surface area contributed by atoms with Crippen LogP contribution in [0.15, 0.2) is 60.7 Å². The van der Waals surface area contributed by atoms with Crippen LogP contribution in [0.2, 0.25) is 4.82 Å². The average molecular weight is 460 g/mol. The molecule has 0 bridgehead atoms. The topological polar surface area (TPSA) is 55.8 Å². The summed E-state index contributed by atoms with van der Waals surface area (Å²) in [5.41, 5.74) is 0.311. The first-order valence-electron chi connectivity index (χ1n) is 9.74. The molecular formula is C23H27NO4Se. The molecule has 154 valence electrons. The van der Waals surface area contributed by atoms with E-state index in [0.29, 0.717) is 13.0 Å². The Hall–Kier alpha value is -2.30. The second-order valence-electron chi connectivity index (χ2n) is 8.03. The second-order valence-corrected chi connectivity index (χ2v) is 10.9. The zero-order chi connectivity index (χ0) is 20.9. The Labute approximate surface area is 178 Å². The fraction of sp³-hybridized carbons (Fsp3) is 0.391. The molecule has 0 aromatic heterocycles. The van der Waals surface area contributed by atoms with E-state index in [1.165, 1.54) is 4.46 Å². The predicted molar refractivity (Wildman–Crippen MR) is 113 cm³/mol. The molecule has 1 aliphatic rings. The van der Waals surface area contributed by atoms with E-state index in [4.69, 9.17) is 9.47 Å². The molecule has 0 spiro atoms. The summed E-state index contributed by atoms with van der Waals surface area (Å²) in [7, 11) is 0. The van der Waals surface area contributed by atoms with Gasteiger partial charge in [0.05, 0.1) is 0 Å². The van der Waals surface area contributed by atoms with Gasteiger partial charge >= 0.3 is 178 Å². The van der Waals surface area contributed by atoms with Crippen molar-refractivity contribution in [3.8, 4) is 0 Å². The van der Waals surface area contributed by atoms with Crippen molar-refractivity contribution in [1.82, 2.24) is 4.90 Å². The Morgan fingerprint density at radius 1 is 1.03 bits per heavy atom. The monoisotopic (exact) mass is 461 g/mol. The molecule has 6 heteroatoms. The number of carbonyl (C=O) groups excluding carboxylic acids is 2. The van der Waals surface area contributed by atoms with Crippen LogP contribution in [0.5, 0.6) is 0 Å². The van der Waals surface area contributed by atoms with Gasteiger partial charge in [-0.1, -0.05) is 0 Å². The number of benzene rings is 2. The van der Waals surface area contributed by atoms with Gasteiger partial charge < -0.3 is 0 Å². The van der Waals surface area contributed by atoms with Crippen LogP contribution < -0.4 is 4.46 Å². The Balaban J connectivity index is 1.69. The van der Waals surface area contributed by atoms with Crippen LogP contribution in [0.1, 0.15) is 32.8 Å². The molecule has 0 N–H and O–H groups in total. The van der Waals surface area contributed by atoms with Gasteiger partial charge in [0.15, 0.2) is 0 Å². The van der Waals surface area contributed by atoms with Crippen molar-refractivity contribution in [3.63, 3.8) is 0 Å². The number of amides is 1. The molecular weight excluding hydrogens is 433 g/mol. The summed E-state index contributed by atoms with van der Waals surface area (Å²) in [5, 5.41) is 0. The van der Waals surface area contributed by atoms with Crippen LogP contribution in [0.25, 0.3) is 0 Å². The minimum absolute atomic E-state index is 0.163. The van der Waals surface area contributed by atoms with Crippen LogP contribution in [0.4, 0.5) is 4.79 Å². The van der Waals surface area contributed by atoms with Gasteiger partial charge in [-0.05, 0) is 0 Å². The molecule has 1 saturated heterocycles. The number of likely N-dealkylation sites (tertiary alicyclic amines) is 1. The van der Waals surface area contributed by atoms with Crippen molar-refractivity contribution in [3.05, 3.63) is 66.2 Å². The molecule has 2 aromatic rings. The Morgan fingerprint density at radius 2 is 1.66 bits per heavy atom. The zero-order valence-corrected chi connectivity index (χ0v) is 18.8. The molecule has 2 atom stereocenters. The Morgan fingerprint density at radius 3 is 2.28 bits per heavy atom. The van der Waals surface area contributed by atoms with Crippen LogP contribution in [-0.2, 0) is 20.9 Å². The van der Waals surface area contributed by atoms with Crippen molar-refractivity contribution in [1.29, 1.82) is 0 Å². The fourth-order valence-electron chi connectivity index (χ4n) is 3.15. The van der Waals surface area contributed by atoms with Gasteiger partial charge in [-0.2, -0.15) is 0 Å². The van der Waals surface area contributed by atoms with E-state index >= 15 is 0 Å². The summed E-state index contributed by atoms with van der Waals surface area (Å²) >= 11 is 0.163. The maximum absolute atomic E-state index is 12.8. The number of carbonyl (C=O) groups is 2. The SMILES string of the molecule is CC(C)(C)OC(=O)N1C[C@@H]([Se]c2ccccc2)C[C@@H]1C(=O)OCc1ccccc1. The van der Waals surface area contributed by atoms with Crippen molar-refractivity contribution >= 4 is 31.5 Å². The van der Waals surface area contributed by atoms with Crippen LogP contribution >= 0.6 is 0 Å². The van der Waals surface area contributed by atoms with Gasteiger partial charge in [0.2, 0.25) is 0 Å². The Bertz CT molecular complexity index is 820. The molecule has 1 aliphatic heterocycles. The van der Waals surface area contributed by atoms with Crippen molar-refractivity contribution < 1.29 is 19.1 Å². The summed E-state index contributed by atoms with van der Waals surface area (Å²) in [6, 6.07) is 19.2. The van der Waals surface area contributed by atoms with Crippen molar-refractivity contribution in [2.45, 2.75) is 50.3 Å². The fourth-order valence-corrected chi connectivity index (χ4v) is 5.69. The van der Waals surface area contributed by atoms with Gasteiger partial charge in [0.25, 0.3) is 0 Å². The Kier molecular flexibility index (Phi) is 6.99. The molecule has 5 nitrogen and oxygen atoms in total. The van der Waals surface area contributed by atoms with E-state index in [1.54, 1.807) is 4.90 Å². The van der Waals surface area contributed by atoms with Gasteiger partial charge in [-0.3, -0.25) is 0 Å². The van der Waals surface area contributed by atoms with Gasteiger partial charge in [0.1, 0.15) is 0 Å². The minimum atomic E-state index is -0.613. The number of hydrogen-bond donors (Lipinski definition) is 0. The van der Waals surface area contributed by atoms with E-state index in [-0.39, 0.29) is 32.3 Å². The summed E-state index contributed by atoms with van der Waals surface area (Å²) < 4.78 is 12.3. The maximum atomic E-state index is 12.8. The number of rotatable bonds is 5. The standard InChI is InChI=1S/C23H27NO4Se/c1-23(2,3)28-22(26)24-15-19(29-18-12-8-5-9-13-18)14-20(24)21(25)27-16-17-10-6-4-7-11-17/h4-13,19-20H,14-16H2,1-3H3/t19-,20+/m0/s1. The zero-order valence-electron chi connectivity index (χ0n) is 17.0. The number of nitrogens with zero attached hydrogens (tertiary/aromatic N) is 1. The molecule has 2 aromatic carbocycles. The third-order valence-corrected chi connectivity index (χ3v) is 6.99. The third kappa shape index (κ3) is 6.34. The first-order valence-corrected chi connectivity index (χ1v) is 11.6. The van der Waals surface area contributed by atoms with Crippen LogP contribution in [0, 0.1) is 0 Å². The van der Waals surface area contributed by atoms with Crippen LogP contribution in [-0.4, -0.2) is 50.1 Å². The molecule has 1 heterocycles. The number of ether oxygens (including phenoxy) is 2. The molecule has 0 unspecified atom stereocenters. The molecule has 1 amide bonds. The normalized spacial score (nSPS) is 19.1. The van der Waals surface area contributed by atoms with Gasteiger partial charge in [-0.15, -0.1) is 0 Å².